The fourth-order valence-electron chi connectivity index (χ4n) is 5.29. The molecule has 0 radical (unpaired) electrons. The molecule has 0 unspecified atom stereocenters. The first-order chi connectivity index (χ1) is 19.5. The highest BCUT2D eigenvalue weighted by molar-refractivity contribution is 6.09. The number of nitrogens with two attached hydrogens (primary N) is 2. The molecule has 2 heterocycles. The van der Waals surface area contributed by atoms with Gasteiger partial charge in [-0.25, -0.2) is 0 Å². The maximum atomic E-state index is 12.9. The van der Waals surface area contributed by atoms with Crippen LogP contribution in [-0.4, -0.2) is 49.7 Å². The number of carbonyl (C=O) groups excluding carboxylic acids is 2. The summed E-state index contributed by atoms with van der Waals surface area (Å²) in [6.45, 7) is 3.03. The standard InChI is InChI=1S/C32H28N6O2/c33-29(39)20-9-7-19(8-10-20)25-11-12-26(30(34)40)28(22-4-2-6-24(18-22)32-37-15-16-38-32)27(25)21-3-1-5-23(17-21)31-35-13-14-36-31/h1-12,17-18H,13-16H2,(H2,33,39)(H2,34,40)(H,35,36)(H,37,38). The molecule has 6 N–H and O–H groups in total. The molecule has 6 rings (SSSR count). The van der Waals surface area contributed by atoms with Crippen LogP contribution in [-0.2, 0) is 0 Å². The van der Waals surface area contributed by atoms with E-state index in [1.54, 1.807) is 18.2 Å². The predicted molar refractivity (Wildman–Crippen MR) is 159 cm³/mol. The molecule has 8 nitrogen and oxygen atoms in total. The van der Waals surface area contributed by atoms with Gasteiger partial charge in [-0.1, -0.05) is 54.6 Å². The molecule has 0 bridgehead atoms. The summed E-state index contributed by atoms with van der Waals surface area (Å²) < 4.78 is 0. The van der Waals surface area contributed by atoms with E-state index in [9.17, 15) is 9.59 Å². The van der Waals surface area contributed by atoms with Gasteiger partial charge in [0.15, 0.2) is 0 Å². The average molecular weight is 529 g/mol. The molecule has 8 heteroatoms. The van der Waals surface area contributed by atoms with Crippen molar-refractivity contribution >= 4 is 23.5 Å². The van der Waals surface area contributed by atoms with Crippen LogP contribution in [0.2, 0.25) is 0 Å². The first kappa shape index (κ1) is 25.1. The Kier molecular flexibility index (Phi) is 6.57. The lowest BCUT2D eigenvalue weighted by Gasteiger charge is -2.20. The van der Waals surface area contributed by atoms with Crippen LogP contribution in [0.1, 0.15) is 31.8 Å². The molecular weight excluding hydrogens is 500 g/mol. The lowest BCUT2D eigenvalue weighted by molar-refractivity contribution is 0.0992. The number of nitrogens with one attached hydrogen (secondary N) is 2. The van der Waals surface area contributed by atoms with Crippen LogP contribution in [0.3, 0.4) is 0 Å². The Morgan fingerprint density at radius 3 is 1.65 bits per heavy atom. The summed E-state index contributed by atoms with van der Waals surface area (Å²) in [6.07, 6.45) is 0. The lowest BCUT2D eigenvalue weighted by atomic mass is 9.83. The molecule has 0 spiro atoms. The number of rotatable bonds is 7. The van der Waals surface area contributed by atoms with Crippen molar-refractivity contribution in [3.8, 4) is 33.4 Å². The predicted octanol–water partition coefficient (Wildman–Crippen LogP) is 3.59. The monoisotopic (exact) mass is 528 g/mol. The molecule has 4 aromatic carbocycles. The van der Waals surface area contributed by atoms with Gasteiger partial charge in [-0.3, -0.25) is 19.6 Å². The summed E-state index contributed by atoms with van der Waals surface area (Å²) in [5.74, 6) is 0.657. The van der Waals surface area contributed by atoms with E-state index >= 15 is 0 Å². The first-order valence-electron chi connectivity index (χ1n) is 13.1. The second kappa shape index (κ2) is 10.5. The third-order valence-electron chi connectivity index (χ3n) is 7.15. The van der Waals surface area contributed by atoms with E-state index in [-0.39, 0.29) is 0 Å². The number of aliphatic imine (C=N–C) groups is 2. The number of amides is 2. The molecule has 2 aliphatic heterocycles. The van der Waals surface area contributed by atoms with Crippen LogP contribution in [0, 0.1) is 0 Å². The Bertz CT molecular complexity index is 1710. The fraction of sp³-hybridized carbons (Fsp3) is 0.125. The molecule has 4 aromatic rings. The molecule has 2 aliphatic rings. The Morgan fingerprint density at radius 2 is 1.15 bits per heavy atom. The van der Waals surface area contributed by atoms with Crippen LogP contribution in [0.15, 0.2) is 94.9 Å². The molecule has 2 amide bonds. The van der Waals surface area contributed by atoms with Crippen LogP contribution < -0.4 is 22.1 Å². The number of hydrogen-bond acceptors (Lipinski definition) is 6. The van der Waals surface area contributed by atoms with Gasteiger partial charge >= 0.3 is 0 Å². The molecule has 0 saturated heterocycles. The van der Waals surface area contributed by atoms with Crippen LogP contribution in [0.4, 0.5) is 0 Å². The van der Waals surface area contributed by atoms with E-state index in [0.29, 0.717) is 11.1 Å². The zero-order chi connectivity index (χ0) is 27.6. The number of amidine groups is 2. The third kappa shape index (κ3) is 4.71. The van der Waals surface area contributed by atoms with Gasteiger partial charge < -0.3 is 22.1 Å². The van der Waals surface area contributed by atoms with Gasteiger partial charge in [0.1, 0.15) is 11.7 Å². The number of nitrogens with zero attached hydrogens (tertiary/aromatic N) is 2. The average Bonchev–Trinajstić information content (AvgIpc) is 3.72. The van der Waals surface area contributed by atoms with Crippen molar-refractivity contribution in [2.24, 2.45) is 21.5 Å². The molecule has 0 atom stereocenters. The first-order valence-corrected chi connectivity index (χ1v) is 13.1. The summed E-state index contributed by atoms with van der Waals surface area (Å²) in [5.41, 5.74) is 19.3. The van der Waals surface area contributed by atoms with Crippen LogP contribution in [0.5, 0.6) is 0 Å². The highest BCUT2D eigenvalue weighted by atomic mass is 16.1. The van der Waals surface area contributed by atoms with Gasteiger partial charge in [0.05, 0.1) is 13.1 Å². The Labute approximate surface area is 231 Å². The highest BCUT2D eigenvalue weighted by Gasteiger charge is 2.22. The van der Waals surface area contributed by atoms with Crippen molar-refractivity contribution < 1.29 is 9.59 Å². The van der Waals surface area contributed by atoms with E-state index < -0.39 is 11.8 Å². The topological polar surface area (TPSA) is 135 Å². The van der Waals surface area contributed by atoms with E-state index in [1.807, 2.05) is 60.7 Å². The van der Waals surface area contributed by atoms with Crippen molar-refractivity contribution in [2.75, 3.05) is 26.2 Å². The quantitative estimate of drug-likeness (QED) is 0.292. The largest absolute Gasteiger partial charge is 0.368 e. The van der Waals surface area contributed by atoms with E-state index in [2.05, 4.69) is 26.7 Å². The Balaban J connectivity index is 1.63. The number of benzene rings is 4. The molecule has 0 fully saturated rings. The molecule has 0 aromatic heterocycles. The summed E-state index contributed by atoms with van der Waals surface area (Å²) >= 11 is 0. The summed E-state index contributed by atoms with van der Waals surface area (Å²) in [4.78, 5) is 33.8. The van der Waals surface area contributed by atoms with Crippen molar-refractivity contribution in [3.63, 3.8) is 0 Å². The Morgan fingerprint density at radius 1 is 0.600 bits per heavy atom. The van der Waals surface area contributed by atoms with Crippen LogP contribution >= 0.6 is 0 Å². The van der Waals surface area contributed by atoms with Gasteiger partial charge in [0, 0.05) is 40.9 Å². The van der Waals surface area contributed by atoms with Crippen molar-refractivity contribution in [3.05, 3.63) is 107 Å². The molecular formula is C32H28N6O2. The zero-order valence-corrected chi connectivity index (χ0v) is 21.8. The van der Waals surface area contributed by atoms with Gasteiger partial charge in [0.2, 0.25) is 11.8 Å². The molecule has 0 aliphatic carbocycles. The minimum absolute atomic E-state index is 0.410. The van der Waals surface area contributed by atoms with E-state index in [1.165, 1.54) is 0 Å². The normalized spacial score (nSPS) is 14.2. The highest BCUT2D eigenvalue weighted by Crippen LogP contribution is 2.43. The van der Waals surface area contributed by atoms with E-state index in [4.69, 9.17) is 11.5 Å². The van der Waals surface area contributed by atoms with Crippen LogP contribution in [0.25, 0.3) is 33.4 Å². The molecule has 0 saturated carbocycles. The van der Waals surface area contributed by atoms with Gasteiger partial charge in [0.25, 0.3) is 0 Å². The smallest absolute Gasteiger partial charge is 0.249 e. The van der Waals surface area contributed by atoms with Gasteiger partial charge in [-0.05, 0) is 58.1 Å². The fourth-order valence-corrected chi connectivity index (χ4v) is 5.29. The van der Waals surface area contributed by atoms with E-state index in [0.717, 1.165) is 82.4 Å². The number of carbonyl (C=O) groups is 2. The minimum atomic E-state index is -0.522. The second-order valence-electron chi connectivity index (χ2n) is 9.69. The maximum Gasteiger partial charge on any atom is 0.249 e. The summed E-state index contributed by atoms with van der Waals surface area (Å²) in [5, 5.41) is 6.67. The molecule has 40 heavy (non-hydrogen) atoms. The van der Waals surface area contributed by atoms with Gasteiger partial charge in [-0.15, -0.1) is 0 Å². The SMILES string of the molecule is NC(=O)c1ccc(-c2ccc(C(N)=O)c(-c3cccc(C4=NCCN4)c3)c2-c2cccc(C3=NCCN3)c2)cc1. The third-order valence-corrected chi connectivity index (χ3v) is 7.15. The number of primary amides is 2. The van der Waals surface area contributed by atoms with Crippen molar-refractivity contribution in [2.45, 2.75) is 0 Å². The number of hydrogen-bond donors (Lipinski definition) is 4. The summed E-state index contributed by atoms with van der Waals surface area (Å²) in [6, 6.07) is 26.9. The Hall–Kier alpha value is -5.24. The zero-order valence-electron chi connectivity index (χ0n) is 21.8. The minimum Gasteiger partial charge on any atom is -0.368 e. The van der Waals surface area contributed by atoms with Crippen molar-refractivity contribution in [1.82, 2.24) is 10.6 Å². The van der Waals surface area contributed by atoms with Crippen molar-refractivity contribution in [1.29, 1.82) is 0 Å². The lowest BCUT2D eigenvalue weighted by Crippen LogP contribution is -2.19. The second-order valence-corrected chi connectivity index (χ2v) is 9.69. The summed E-state index contributed by atoms with van der Waals surface area (Å²) in [7, 11) is 0. The maximum absolute atomic E-state index is 12.9. The molecule has 198 valence electrons. The van der Waals surface area contributed by atoms with Gasteiger partial charge in [-0.2, -0.15) is 0 Å².